The van der Waals surface area contributed by atoms with Crippen LogP contribution in [-0.4, -0.2) is 25.1 Å². The molecular weight excluding hydrogens is 296 g/mol. The summed E-state index contributed by atoms with van der Waals surface area (Å²) in [6.07, 6.45) is 1.86. The third-order valence-electron chi connectivity index (χ3n) is 5.40. The highest BCUT2D eigenvalue weighted by molar-refractivity contribution is 5.48. The Morgan fingerprint density at radius 3 is 2.48 bits per heavy atom. The number of hydrogen-bond donors (Lipinski definition) is 0. The smallest absolute Gasteiger partial charge is 0.159 e. The molecule has 2 aromatic carbocycles. The van der Waals surface area contributed by atoms with Crippen LogP contribution in [0.1, 0.15) is 29.5 Å². The number of ether oxygens (including phenoxy) is 1. The topological polar surface area (TPSA) is 12.5 Å². The fourth-order valence-corrected chi connectivity index (χ4v) is 4.14. The number of halogens is 2. The first-order chi connectivity index (χ1) is 11.1. The average Bonchev–Trinajstić information content (AvgIpc) is 2.83. The summed E-state index contributed by atoms with van der Waals surface area (Å²) in [6.45, 7) is 2.82. The predicted octanol–water partition coefficient (Wildman–Crippen LogP) is 3.87. The van der Waals surface area contributed by atoms with Gasteiger partial charge < -0.3 is 4.74 Å². The van der Waals surface area contributed by atoms with Gasteiger partial charge in [0, 0.05) is 12.0 Å². The molecule has 0 unspecified atom stereocenters. The summed E-state index contributed by atoms with van der Waals surface area (Å²) >= 11 is 0. The fraction of sp³-hybridized carbons (Fsp3) is 0.368. The number of hydrogen-bond acceptors (Lipinski definition) is 2. The lowest BCUT2D eigenvalue weighted by atomic mass is 9.68. The standard InChI is InChI=1S/C19H19F2NO/c1-23-15-3-4-16-13(10-15)12-22-8-6-19(16,7-9-22)14-2-5-17(20)18(21)11-14/h2-5,10-11H,6-9,12H2,1H3. The van der Waals surface area contributed by atoms with Crippen LogP contribution in [0.3, 0.4) is 0 Å². The van der Waals surface area contributed by atoms with Crippen molar-refractivity contribution in [1.29, 1.82) is 0 Å². The molecule has 0 aromatic heterocycles. The van der Waals surface area contributed by atoms with Crippen LogP contribution in [0.15, 0.2) is 36.4 Å². The Bertz CT molecular complexity index is 751. The molecular formula is C19H19F2NO. The lowest BCUT2D eigenvalue weighted by molar-refractivity contribution is 0.190. The molecule has 4 heteroatoms. The van der Waals surface area contributed by atoms with Crippen molar-refractivity contribution in [3.05, 3.63) is 64.7 Å². The van der Waals surface area contributed by atoms with Gasteiger partial charge >= 0.3 is 0 Å². The van der Waals surface area contributed by atoms with Crippen molar-refractivity contribution in [3.8, 4) is 5.75 Å². The Kier molecular flexibility index (Phi) is 3.38. The zero-order chi connectivity index (χ0) is 16.0. The lowest BCUT2D eigenvalue weighted by Gasteiger charge is -2.39. The summed E-state index contributed by atoms with van der Waals surface area (Å²) in [5.74, 6) is -0.712. The lowest BCUT2D eigenvalue weighted by Crippen LogP contribution is -2.39. The molecule has 3 aliphatic heterocycles. The van der Waals surface area contributed by atoms with Crippen molar-refractivity contribution < 1.29 is 13.5 Å². The van der Waals surface area contributed by atoms with Crippen LogP contribution in [0, 0.1) is 11.6 Å². The van der Waals surface area contributed by atoms with Crippen LogP contribution in [-0.2, 0) is 12.0 Å². The first-order valence-corrected chi connectivity index (χ1v) is 7.98. The monoisotopic (exact) mass is 315 g/mol. The Morgan fingerprint density at radius 2 is 1.78 bits per heavy atom. The second-order valence-electron chi connectivity index (χ2n) is 6.51. The first kappa shape index (κ1) is 14.6. The molecule has 5 rings (SSSR count). The highest BCUT2D eigenvalue weighted by Crippen LogP contribution is 2.47. The zero-order valence-corrected chi connectivity index (χ0v) is 13.1. The summed E-state index contributed by atoms with van der Waals surface area (Å²) in [5, 5.41) is 0. The SMILES string of the molecule is COc1ccc2c(c1)CN1CCC2(c2ccc(F)c(F)c2)CC1. The van der Waals surface area contributed by atoms with E-state index in [2.05, 4.69) is 17.0 Å². The van der Waals surface area contributed by atoms with Gasteiger partial charge in [0.15, 0.2) is 11.6 Å². The summed E-state index contributed by atoms with van der Waals surface area (Å²) in [5.41, 5.74) is 3.10. The van der Waals surface area contributed by atoms with Crippen LogP contribution < -0.4 is 4.74 Å². The van der Waals surface area contributed by atoms with Crippen LogP contribution >= 0.6 is 0 Å². The molecule has 2 nitrogen and oxygen atoms in total. The van der Waals surface area contributed by atoms with E-state index < -0.39 is 11.6 Å². The van der Waals surface area contributed by atoms with Crippen LogP contribution in [0.2, 0.25) is 0 Å². The van der Waals surface area contributed by atoms with E-state index in [1.807, 2.05) is 6.07 Å². The van der Waals surface area contributed by atoms with E-state index in [0.717, 1.165) is 43.8 Å². The third kappa shape index (κ3) is 2.24. The molecule has 2 aromatic rings. The number of fused-ring (bicyclic) bond motifs is 2. The maximum Gasteiger partial charge on any atom is 0.159 e. The zero-order valence-electron chi connectivity index (χ0n) is 13.1. The minimum atomic E-state index is -0.786. The second-order valence-corrected chi connectivity index (χ2v) is 6.51. The third-order valence-corrected chi connectivity index (χ3v) is 5.40. The molecule has 0 N–H and O–H groups in total. The molecule has 3 heterocycles. The molecule has 2 bridgehead atoms. The highest BCUT2D eigenvalue weighted by Gasteiger charge is 2.42. The van der Waals surface area contributed by atoms with E-state index in [1.165, 1.54) is 23.3 Å². The molecule has 1 saturated heterocycles. The number of rotatable bonds is 2. The fourth-order valence-electron chi connectivity index (χ4n) is 4.14. The van der Waals surface area contributed by atoms with Gasteiger partial charge in [-0.15, -0.1) is 0 Å². The Balaban J connectivity index is 1.91. The predicted molar refractivity (Wildman–Crippen MR) is 84.6 cm³/mol. The van der Waals surface area contributed by atoms with E-state index in [9.17, 15) is 8.78 Å². The second kappa shape index (κ2) is 5.31. The van der Waals surface area contributed by atoms with Gasteiger partial charge in [-0.1, -0.05) is 12.1 Å². The molecule has 23 heavy (non-hydrogen) atoms. The van der Waals surface area contributed by atoms with Gasteiger partial charge in [-0.2, -0.15) is 0 Å². The first-order valence-electron chi connectivity index (χ1n) is 7.98. The van der Waals surface area contributed by atoms with Crippen LogP contribution in [0.25, 0.3) is 0 Å². The molecule has 1 fully saturated rings. The molecule has 0 aliphatic carbocycles. The molecule has 0 amide bonds. The van der Waals surface area contributed by atoms with Gasteiger partial charge in [-0.25, -0.2) is 8.78 Å². The average molecular weight is 315 g/mol. The van der Waals surface area contributed by atoms with Crippen molar-refractivity contribution >= 4 is 0 Å². The van der Waals surface area contributed by atoms with E-state index >= 15 is 0 Å². The van der Waals surface area contributed by atoms with Gasteiger partial charge in [0.05, 0.1) is 7.11 Å². The summed E-state index contributed by atoms with van der Waals surface area (Å²) in [4.78, 5) is 2.42. The number of piperidine rings is 1. The normalized spacial score (nSPS) is 25.8. The molecule has 0 radical (unpaired) electrons. The molecule has 3 aliphatic rings. The quantitative estimate of drug-likeness (QED) is 0.834. The van der Waals surface area contributed by atoms with Crippen molar-refractivity contribution in [2.24, 2.45) is 0 Å². The van der Waals surface area contributed by atoms with E-state index in [-0.39, 0.29) is 5.41 Å². The van der Waals surface area contributed by atoms with Gasteiger partial charge in [-0.05, 0) is 66.9 Å². The van der Waals surface area contributed by atoms with Crippen LogP contribution in [0.5, 0.6) is 5.75 Å². The Labute approximate surface area is 134 Å². The molecule has 0 atom stereocenters. The highest BCUT2D eigenvalue weighted by atomic mass is 19.2. The Hall–Kier alpha value is -1.94. The number of nitrogens with zero attached hydrogens (tertiary/aromatic N) is 1. The number of benzene rings is 2. The van der Waals surface area contributed by atoms with Gasteiger partial charge in [0.25, 0.3) is 0 Å². The van der Waals surface area contributed by atoms with Crippen molar-refractivity contribution in [2.45, 2.75) is 24.8 Å². The van der Waals surface area contributed by atoms with E-state index in [1.54, 1.807) is 13.2 Å². The van der Waals surface area contributed by atoms with Gasteiger partial charge in [0.2, 0.25) is 0 Å². The Morgan fingerprint density at radius 1 is 1.00 bits per heavy atom. The summed E-state index contributed by atoms with van der Waals surface area (Å²) in [7, 11) is 1.67. The van der Waals surface area contributed by atoms with Crippen molar-refractivity contribution in [1.82, 2.24) is 4.90 Å². The minimum absolute atomic E-state index is 0.233. The van der Waals surface area contributed by atoms with Crippen LogP contribution in [0.4, 0.5) is 8.78 Å². The summed E-state index contributed by atoms with van der Waals surface area (Å²) in [6, 6.07) is 10.5. The molecule has 120 valence electrons. The van der Waals surface area contributed by atoms with Gasteiger partial charge in [0.1, 0.15) is 5.75 Å². The van der Waals surface area contributed by atoms with Crippen molar-refractivity contribution in [2.75, 3.05) is 20.2 Å². The largest absolute Gasteiger partial charge is 0.497 e. The summed E-state index contributed by atoms with van der Waals surface area (Å²) < 4.78 is 32.6. The van der Waals surface area contributed by atoms with Crippen molar-refractivity contribution in [3.63, 3.8) is 0 Å². The molecule has 0 spiro atoms. The van der Waals surface area contributed by atoms with E-state index in [4.69, 9.17) is 4.74 Å². The minimum Gasteiger partial charge on any atom is -0.497 e. The van der Waals surface area contributed by atoms with E-state index in [0.29, 0.717) is 0 Å². The molecule has 0 saturated carbocycles. The maximum absolute atomic E-state index is 13.8. The van der Waals surface area contributed by atoms with Gasteiger partial charge in [-0.3, -0.25) is 4.90 Å². The number of methoxy groups -OCH3 is 1. The maximum atomic E-state index is 13.8.